The van der Waals surface area contributed by atoms with Crippen LogP contribution in [0, 0.1) is 15.5 Å². The monoisotopic (exact) mass is 279 g/mol. The zero-order valence-corrected chi connectivity index (χ0v) is 12.0. The van der Waals surface area contributed by atoms with Gasteiger partial charge in [0.1, 0.15) is 0 Å². The fraction of sp³-hybridized carbons (Fsp3) is 0.571. The van der Waals surface area contributed by atoms with Crippen LogP contribution < -0.4 is 10.5 Å². The fourth-order valence-electron chi connectivity index (χ4n) is 2.66. The number of hydrogen-bond acceptors (Lipinski definition) is 5. The quantitative estimate of drug-likeness (QED) is 0.656. The molecule has 0 aliphatic carbocycles. The second-order valence-electron chi connectivity index (χ2n) is 5.74. The minimum Gasteiger partial charge on any atom is -0.490 e. The molecule has 0 spiro atoms. The molecule has 1 heterocycles. The van der Waals surface area contributed by atoms with E-state index in [1.54, 1.807) is 12.1 Å². The predicted molar refractivity (Wildman–Crippen MR) is 76.7 cm³/mol. The van der Waals surface area contributed by atoms with Gasteiger partial charge in [-0.2, -0.15) is 0 Å². The highest BCUT2D eigenvalue weighted by Gasteiger charge is 2.32. The third kappa shape index (κ3) is 3.08. The van der Waals surface area contributed by atoms with E-state index in [-0.39, 0.29) is 11.1 Å². The number of nitro groups is 1. The van der Waals surface area contributed by atoms with E-state index in [9.17, 15) is 10.1 Å². The summed E-state index contributed by atoms with van der Waals surface area (Å²) in [6, 6.07) is 5.13. The van der Waals surface area contributed by atoms with E-state index in [2.05, 4.69) is 11.8 Å². The number of ether oxygens (including phenoxy) is 1. The van der Waals surface area contributed by atoms with E-state index in [1.807, 2.05) is 6.07 Å². The first kappa shape index (κ1) is 14.7. The van der Waals surface area contributed by atoms with Crippen LogP contribution in [0.4, 0.5) is 5.69 Å². The molecule has 0 amide bonds. The largest absolute Gasteiger partial charge is 0.490 e. The van der Waals surface area contributed by atoms with Crippen molar-refractivity contribution < 1.29 is 9.66 Å². The molecule has 2 rings (SSSR count). The molecule has 6 heteroatoms. The number of rotatable bonds is 5. The summed E-state index contributed by atoms with van der Waals surface area (Å²) in [4.78, 5) is 12.9. The molecule has 6 nitrogen and oxygen atoms in total. The highest BCUT2D eigenvalue weighted by molar-refractivity contribution is 5.48. The summed E-state index contributed by atoms with van der Waals surface area (Å²) in [5, 5.41) is 11.0. The van der Waals surface area contributed by atoms with Gasteiger partial charge in [0.05, 0.1) is 12.0 Å². The van der Waals surface area contributed by atoms with Gasteiger partial charge in [-0.15, -0.1) is 0 Å². The highest BCUT2D eigenvalue weighted by Crippen LogP contribution is 2.31. The number of nitro benzene ring substituents is 1. The number of nitrogens with two attached hydrogens (primary N) is 1. The molecule has 2 N–H and O–H groups in total. The van der Waals surface area contributed by atoms with E-state index in [0.717, 1.165) is 25.1 Å². The number of nitrogens with zero attached hydrogens (tertiary/aromatic N) is 2. The summed E-state index contributed by atoms with van der Waals surface area (Å²) in [7, 11) is 1.44. The van der Waals surface area contributed by atoms with Crippen LogP contribution >= 0.6 is 0 Å². The number of methoxy groups -OCH3 is 1. The van der Waals surface area contributed by atoms with E-state index in [4.69, 9.17) is 10.5 Å². The van der Waals surface area contributed by atoms with Crippen LogP contribution in [0.1, 0.15) is 18.9 Å². The van der Waals surface area contributed by atoms with Crippen molar-refractivity contribution in [3.8, 4) is 5.75 Å². The zero-order valence-electron chi connectivity index (χ0n) is 12.0. The maximum Gasteiger partial charge on any atom is 0.311 e. The Kier molecular flexibility index (Phi) is 4.25. The van der Waals surface area contributed by atoms with Crippen molar-refractivity contribution in [2.45, 2.75) is 19.9 Å². The van der Waals surface area contributed by atoms with Crippen LogP contribution in [-0.2, 0) is 6.54 Å². The minimum absolute atomic E-state index is 0.0192. The molecule has 1 saturated heterocycles. The van der Waals surface area contributed by atoms with E-state index < -0.39 is 4.92 Å². The molecule has 1 unspecified atom stereocenters. The Morgan fingerprint density at radius 1 is 1.55 bits per heavy atom. The molecular weight excluding hydrogens is 258 g/mol. The average Bonchev–Trinajstić information content (AvgIpc) is 2.81. The van der Waals surface area contributed by atoms with Crippen LogP contribution in [0.5, 0.6) is 5.75 Å². The van der Waals surface area contributed by atoms with E-state index in [0.29, 0.717) is 18.8 Å². The van der Waals surface area contributed by atoms with Gasteiger partial charge in [-0.05, 0) is 36.6 Å². The summed E-state index contributed by atoms with van der Waals surface area (Å²) in [5.41, 5.74) is 6.91. The molecule has 1 aromatic rings. The lowest BCUT2D eigenvalue weighted by molar-refractivity contribution is -0.385. The van der Waals surface area contributed by atoms with Crippen molar-refractivity contribution in [2.24, 2.45) is 11.1 Å². The Morgan fingerprint density at radius 2 is 2.30 bits per heavy atom. The molecule has 1 aliphatic heterocycles. The van der Waals surface area contributed by atoms with Gasteiger partial charge in [0.2, 0.25) is 0 Å². The van der Waals surface area contributed by atoms with Gasteiger partial charge in [0.25, 0.3) is 0 Å². The Balaban J connectivity index is 2.11. The molecule has 110 valence electrons. The first-order chi connectivity index (χ1) is 9.47. The Morgan fingerprint density at radius 3 is 2.85 bits per heavy atom. The molecule has 20 heavy (non-hydrogen) atoms. The molecular formula is C14H21N3O3. The van der Waals surface area contributed by atoms with Crippen molar-refractivity contribution in [2.75, 3.05) is 26.7 Å². The van der Waals surface area contributed by atoms with Gasteiger partial charge in [-0.1, -0.05) is 13.0 Å². The first-order valence-electron chi connectivity index (χ1n) is 6.71. The van der Waals surface area contributed by atoms with Crippen LogP contribution in [0.3, 0.4) is 0 Å². The smallest absolute Gasteiger partial charge is 0.311 e. The van der Waals surface area contributed by atoms with Crippen molar-refractivity contribution in [1.82, 2.24) is 4.90 Å². The van der Waals surface area contributed by atoms with Crippen LogP contribution in [0.25, 0.3) is 0 Å². The van der Waals surface area contributed by atoms with Gasteiger partial charge in [0.15, 0.2) is 5.75 Å². The first-order valence-corrected chi connectivity index (χ1v) is 6.71. The Hall–Kier alpha value is -1.66. The van der Waals surface area contributed by atoms with Gasteiger partial charge in [-0.3, -0.25) is 15.0 Å². The summed E-state index contributed by atoms with van der Waals surface area (Å²) < 4.78 is 5.01. The van der Waals surface area contributed by atoms with E-state index in [1.165, 1.54) is 7.11 Å². The SMILES string of the molecule is COc1ccc(CN2CCC(C)(CN)C2)cc1[N+](=O)[O-]. The summed E-state index contributed by atoms with van der Waals surface area (Å²) in [5.74, 6) is 0.298. The Labute approximate surface area is 118 Å². The minimum atomic E-state index is -0.406. The molecule has 0 radical (unpaired) electrons. The maximum absolute atomic E-state index is 11.0. The summed E-state index contributed by atoms with van der Waals surface area (Å²) in [6.07, 6.45) is 1.07. The topological polar surface area (TPSA) is 81.6 Å². The zero-order chi connectivity index (χ0) is 14.8. The highest BCUT2D eigenvalue weighted by atomic mass is 16.6. The number of benzene rings is 1. The van der Waals surface area contributed by atoms with Crippen molar-refractivity contribution >= 4 is 5.69 Å². The van der Waals surface area contributed by atoms with Gasteiger partial charge in [0, 0.05) is 19.2 Å². The summed E-state index contributed by atoms with van der Waals surface area (Å²) >= 11 is 0. The van der Waals surface area contributed by atoms with E-state index >= 15 is 0 Å². The molecule has 1 fully saturated rings. The Bertz CT molecular complexity index is 506. The molecule has 1 atom stereocenters. The third-order valence-electron chi connectivity index (χ3n) is 3.98. The third-order valence-corrected chi connectivity index (χ3v) is 3.98. The van der Waals surface area contributed by atoms with Crippen LogP contribution in [0.15, 0.2) is 18.2 Å². The summed E-state index contributed by atoms with van der Waals surface area (Å²) in [6.45, 7) is 5.48. The maximum atomic E-state index is 11.0. The lowest BCUT2D eigenvalue weighted by Crippen LogP contribution is -2.31. The molecule has 0 bridgehead atoms. The van der Waals surface area contributed by atoms with Crippen LogP contribution in [0.2, 0.25) is 0 Å². The van der Waals surface area contributed by atoms with Gasteiger partial charge in [-0.25, -0.2) is 0 Å². The molecule has 0 aromatic heterocycles. The standard InChI is InChI=1S/C14H21N3O3/c1-14(9-15)5-6-16(10-14)8-11-3-4-13(20-2)12(7-11)17(18)19/h3-4,7H,5-6,8-10,15H2,1-2H3. The lowest BCUT2D eigenvalue weighted by Gasteiger charge is -2.22. The van der Waals surface area contributed by atoms with Gasteiger partial charge >= 0.3 is 5.69 Å². The average molecular weight is 279 g/mol. The molecule has 0 saturated carbocycles. The number of hydrogen-bond donors (Lipinski definition) is 1. The fourth-order valence-corrected chi connectivity index (χ4v) is 2.66. The predicted octanol–water partition coefficient (Wildman–Crippen LogP) is 1.77. The van der Waals surface area contributed by atoms with Crippen molar-refractivity contribution in [3.63, 3.8) is 0 Å². The molecule has 1 aromatic carbocycles. The number of likely N-dealkylation sites (tertiary alicyclic amines) is 1. The lowest BCUT2D eigenvalue weighted by atomic mass is 9.90. The van der Waals surface area contributed by atoms with Crippen LogP contribution in [-0.4, -0.2) is 36.6 Å². The van der Waals surface area contributed by atoms with Crippen molar-refractivity contribution in [1.29, 1.82) is 0 Å². The molecule has 1 aliphatic rings. The van der Waals surface area contributed by atoms with Crippen molar-refractivity contribution in [3.05, 3.63) is 33.9 Å². The second-order valence-corrected chi connectivity index (χ2v) is 5.74. The second kappa shape index (κ2) is 5.76. The van der Waals surface area contributed by atoms with Gasteiger partial charge < -0.3 is 10.5 Å². The normalized spacial score (nSPS) is 22.9.